The summed E-state index contributed by atoms with van der Waals surface area (Å²) < 4.78 is -0.545. The van der Waals surface area contributed by atoms with Gasteiger partial charge in [-0.05, 0) is 6.92 Å². The molecule has 1 atom stereocenters. The van der Waals surface area contributed by atoms with Crippen molar-refractivity contribution in [2.24, 2.45) is 0 Å². The van der Waals surface area contributed by atoms with Crippen LogP contribution in [0.4, 0.5) is 0 Å². The van der Waals surface area contributed by atoms with Crippen LogP contribution in [-0.2, 0) is 9.59 Å². The van der Waals surface area contributed by atoms with Crippen molar-refractivity contribution < 1.29 is 14.7 Å². The number of aliphatic carboxylic acids is 1. The van der Waals surface area contributed by atoms with E-state index >= 15 is 0 Å². The highest BCUT2D eigenvalue weighted by molar-refractivity contribution is 9.25. The number of carbonyl (C=O) groups is 2. The highest BCUT2D eigenvalue weighted by atomic mass is 79.9. The summed E-state index contributed by atoms with van der Waals surface area (Å²) in [4.78, 5) is 21.0. The first-order valence-electron chi connectivity index (χ1n) is 2.76. The summed E-state index contributed by atoms with van der Waals surface area (Å²) in [6.45, 7) is 1.39. The Morgan fingerprint density at radius 2 is 1.91 bits per heavy atom. The number of alkyl halides is 2. The third-order valence-electron chi connectivity index (χ3n) is 0.927. The summed E-state index contributed by atoms with van der Waals surface area (Å²) in [6, 6.07) is -0.861. The molecule has 0 radical (unpaired) electrons. The van der Waals surface area contributed by atoms with Crippen LogP contribution >= 0.6 is 31.9 Å². The Balaban J connectivity index is 3.85. The summed E-state index contributed by atoms with van der Waals surface area (Å²) in [5, 5.41) is 10.6. The van der Waals surface area contributed by atoms with Gasteiger partial charge in [0.15, 0.2) is 0 Å². The van der Waals surface area contributed by atoms with E-state index in [1.165, 1.54) is 6.92 Å². The van der Waals surface area contributed by atoms with Crippen LogP contribution in [0.5, 0.6) is 0 Å². The minimum Gasteiger partial charge on any atom is -0.480 e. The van der Waals surface area contributed by atoms with Gasteiger partial charge in [-0.2, -0.15) is 0 Å². The molecule has 0 aliphatic heterocycles. The Morgan fingerprint density at radius 3 is 2.18 bits per heavy atom. The molecule has 0 spiro atoms. The van der Waals surface area contributed by atoms with Gasteiger partial charge in [-0.3, -0.25) is 9.59 Å². The van der Waals surface area contributed by atoms with Gasteiger partial charge in [0, 0.05) is 0 Å². The molecule has 11 heavy (non-hydrogen) atoms. The molecule has 2 N–H and O–H groups in total. The minimum absolute atomic E-state index is 0.403. The monoisotopic (exact) mass is 287 g/mol. The van der Waals surface area contributed by atoms with Crippen LogP contribution < -0.4 is 5.32 Å². The lowest BCUT2D eigenvalue weighted by Crippen LogP contribution is -2.40. The molecule has 0 bridgehead atoms. The standard InChI is InChI=1S/C5H7Br2NO3/c1-2(5(10)11)8-4(9)3(6)7/h2-3H,1H3,(H,8,9)(H,10,11)/t2-/m0/s1. The van der Waals surface area contributed by atoms with E-state index in [2.05, 4.69) is 37.2 Å². The number of amides is 1. The van der Waals surface area contributed by atoms with Crippen LogP contribution in [0.15, 0.2) is 0 Å². The summed E-state index contributed by atoms with van der Waals surface area (Å²) >= 11 is 5.86. The van der Waals surface area contributed by atoms with Crippen molar-refractivity contribution in [2.75, 3.05) is 0 Å². The Kier molecular flexibility index (Phi) is 4.67. The van der Waals surface area contributed by atoms with Crippen molar-refractivity contribution in [3.63, 3.8) is 0 Å². The number of hydrogen-bond donors (Lipinski definition) is 2. The number of halogens is 2. The predicted octanol–water partition coefficient (Wildman–Crippen LogP) is 0.692. The molecule has 6 heteroatoms. The number of nitrogens with one attached hydrogen (secondary N) is 1. The van der Waals surface area contributed by atoms with Crippen LogP contribution in [0.2, 0.25) is 0 Å². The fourth-order valence-electron chi connectivity index (χ4n) is 0.338. The summed E-state index contributed by atoms with van der Waals surface area (Å²) in [6.07, 6.45) is 0. The van der Waals surface area contributed by atoms with Crippen molar-refractivity contribution in [3.8, 4) is 0 Å². The summed E-state index contributed by atoms with van der Waals surface area (Å²) in [5.74, 6) is -1.46. The van der Waals surface area contributed by atoms with Crippen molar-refractivity contribution in [3.05, 3.63) is 0 Å². The zero-order chi connectivity index (χ0) is 9.02. The molecule has 0 aromatic carbocycles. The Morgan fingerprint density at radius 1 is 1.45 bits per heavy atom. The summed E-state index contributed by atoms with van der Waals surface area (Å²) in [7, 11) is 0. The minimum atomic E-state index is -1.06. The number of carboxylic acid groups (broad SMARTS) is 1. The van der Waals surface area contributed by atoms with E-state index in [4.69, 9.17) is 5.11 Å². The van der Waals surface area contributed by atoms with Gasteiger partial charge >= 0.3 is 5.97 Å². The second kappa shape index (κ2) is 4.71. The molecular weight excluding hydrogens is 282 g/mol. The van der Waals surface area contributed by atoms with Gasteiger partial charge in [-0.1, -0.05) is 31.9 Å². The maximum absolute atomic E-state index is 10.8. The smallest absolute Gasteiger partial charge is 0.325 e. The van der Waals surface area contributed by atoms with E-state index in [0.717, 1.165) is 0 Å². The fourth-order valence-corrected chi connectivity index (χ4v) is 0.602. The molecule has 0 aliphatic rings. The van der Waals surface area contributed by atoms with Crippen LogP contribution in [0, 0.1) is 0 Å². The molecule has 0 saturated heterocycles. The van der Waals surface area contributed by atoms with Gasteiger partial charge in [0.05, 0.1) is 0 Å². The molecule has 0 unspecified atom stereocenters. The normalized spacial score (nSPS) is 12.7. The predicted molar refractivity (Wildman–Crippen MR) is 46.9 cm³/mol. The first-order chi connectivity index (χ1) is 4.95. The average Bonchev–Trinajstić information content (AvgIpc) is 1.87. The number of hydrogen-bond acceptors (Lipinski definition) is 2. The number of carbonyl (C=O) groups excluding carboxylic acids is 1. The second-order valence-electron chi connectivity index (χ2n) is 1.87. The SMILES string of the molecule is C[C@H](NC(=O)C(Br)Br)C(=O)O. The first-order valence-corrected chi connectivity index (χ1v) is 4.59. The molecule has 0 fully saturated rings. The molecule has 0 saturated carbocycles. The first kappa shape index (κ1) is 10.9. The highest BCUT2D eigenvalue weighted by Gasteiger charge is 2.17. The lowest BCUT2D eigenvalue weighted by Gasteiger charge is -2.08. The van der Waals surface area contributed by atoms with Gasteiger partial charge in [-0.15, -0.1) is 0 Å². The third-order valence-corrected chi connectivity index (χ3v) is 1.76. The Labute approximate surface area is 80.6 Å². The maximum atomic E-state index is 10.8. The third kappa shape index (κ3) is 4.36. The molecule has 0 heterocycles. The van der Waals surface area contributed by atoms with Gasteiger partial charge in [0.1, 0.15) is 9.78 Å². The molecule has 0 aromatic heterocycles. The van der Waals surface area contributed by atoms with Crippen LogP contribution in [0.25, 0.3) is 0 Å². The lowest BCUT2D eigenvalue weighted by atomic mass is 10.3. The fraction of sp³-hybridized carbons (Fsp3) is 0.600. The quantitative estimate of drug-likeness (QED) is 0.751. The maximum Gasteiger partial charge on any atom is 0.325 e. The molecular formula is C5H7Br2NO3. The van der Waals surface area contributed by atoms with Crippen molar-refractivity contribution in [1.29, 1.82) is 0 Å². The molecule has 4 nitrogen and oxygen atoms in total. The second-order valence-corrected chi connectivity index (χ2v) is 4.93. The van der Waals surface area contributed by atoms with E-state index in [1.807, 2.05) is 0 Å². The molecule has 0 rings (SSSR count). The van der Waals surface area contributed by atoms with Crippen LogP contribution in [-0.4, -0.2) is 26.8 Å². The molecule has 1 amide bonds. The van der Waals surface area contributed by atoms with E-state index in [9.17, 15) is 9.59 Å². The Bertz CT molecular complexity index is 171. The van der Waals surface area contributed by atoms with Gasteiger partial charge in [0.25, 0.3) is 0 Å². The van der Waals surface area contributed by atoms with E-state index in [1.54, 1.807) is 0 Å². The largest absolute Gasteiger partial charge is 0.480 e. The van der Waals surface area contributed by atoms with Gasteiger partial charge in [0.2, 0.25) is 5.91 Å². The van der Waals surface area contributed by atoms with Gasteiger partial charge < -0.3 is 10.4 Å². The lowest BCUT2D eigenvalue weighted by molar-refractivity contribution is -0.140. The zero-order valence-corrected chi connectivity index (χ0v) is 8.85. The number of carboxylic acids is 1. The topological polar surface area (TPSA) is 66.4 Å². The van der Waals surface area contributed by atoms with E-state index in [-0.39, 0.29) is 0 Å². The molecule has 0 aromatic rings. The van der Waals surface area contributed by atoms with Crippen molar-refractivity contribution in [2.45, 2.75) is 16.7 Å². The molecule has 0 aliphatic carbocycles. The van der Waals surface area contributed by atoms with Crippen molar-refractivity contribution >= 4 is 43.7 Å². The van der Waals surface area contributed by atoms with Crippen LogP contribution in [0.3, 0.4) is 0 Å². The van der Waals surface area contributed by atoms with Crippen LogP contribution in [0.1, 0.15) is 6.92 Å². The highest BCUT2D eigenvalue weighted by Crippen LogP contribution is 2.07. The van der Waals surface area contributed by atoms with Crippen molar-refractivity contribution in [1.82, 2.24) is 5.32 Å². The van der Waals surface area contributed by atoms with E-state index in [0.29, 0.717) is 0 Å². The van der Waals surface area contributed by atoms with Gasteiger partial charge in [-0.25, -0.2) is 0 Å². The zero-order valence-electron chi connectivity index (χ0n) is 5.67. The number of rotatable bonds is 3. The average molecular weight is 289 g/mol. The molecule has 64 valence electrons. The Hall–Kier alpha value is -0.100. The van der Waals surface area contributed by atoms with E-state index < -0.39 is 21.7 Å². The summed E-state index contributed by atoms with van der Waals surface area (Å²) in [5.41, 5.74) is 0.